The smallest absolute Gasteiger partial charge is 0.234 e. The van der Waals surface area contributed by atoms with E-state index in [-0.39, 0.29) is 11.7 Å². The van der Waals surface area contributed by atoms with Crippen LogP contribution in [0.5, 0.6) is 0 Å². The van der Waals surface area contributed by atoms with E-state index in [1.165, 1.54) is 23.0 Å². The second kappa shape index (κ2) is 11.2. The van der Waals surface area contributed by atoms with Crippen molar-refractivity contribution in [1.29, 1.82) is 0 Å². The zero-order valence-corrected chi connectivity index (χ0v) is 20.4. The number of anilines is 2. The molecule has 0 aliphatic rings. The Morgan fingerprint density at radius 1 is 1.00 bits per heavy atom. The number of nitrogens with one attached hydrogen (secondary N) is 1. The van der Waals surface area contributed by atoms with Gasteiger partial charge in [0, 0.05) is 36.6 Å². The second-order valence-electron chi connectivity index (χ2n) is 7.88. The highest BCUT2D eigenvalue weighted by Gasteiger charge is 2.15. The number of benzene rings is 2. The third-order valence-corrected chi connectivity index (χ3v) is 6.45. The van der Waals surface area contributed by atoms with Crippen molar-refractivity contribution in [2.45, 2.75) is 52.2 Å². The molecule has 0 aliphatic heterocycles. The lowest BCUT2D eigenvalue weighted by molar-refractivity contribution is -0.113. The van der Waals surface area contributed by atoms with E-state index in [0.717, 1.165) is 41.9 Å². The molecule has 2 aromatic carbocycles. The quantitative estimate of drug-likeness (QED) is 0.403. The number of hydrogen-bond acceptors (Lipinski definition) is 5. The summed E-state index contributed by atoms with van der Waals surface area (Å²) in [6.45, 7) is 13.4. The highest BCUT2D eigenvalue weighted by molar-refractivity contribution is 7.99. The van der Waals surface area contributed by atoms with Gasteiger partial charge in [0.2, 0.25) is 5.91 Å². The van der Waals surface area contributed by atoms with Gasteiger partial charge >= 0.3 is 0 Å². The summed E-state index contributed by atoms with van der Waals surface area (Å²) in [5, 5.41) is 12.5. The van der Waals surface area contributed by atoms with Crippen molar-refractivity contribution < 1.29 is 4.79 Å². The largest absolute Gasteiger partial charge is 0.372 e. The first-order valence-electron chi connectivity index (χ1n) is 11.3. The minimum atomic E-state index is -0.0527. The molecule has 0 radical (unpaired) electrons. The van der Waals surface area contributed by atoms with Gasteiger partial charge in [-0.15, -0.1) is 10.2 Å². The molecule has 0 unspecified atom stereocenters. The highest BCUT2D eigenvalue weighted by atomic mass is 32.2. The predicted octanol–water partition coefficient (Wildman–Crippen LogP) is 5.67. The van der Waals surface area contributed by atoms with E-state index in [4.69, 9.17) is 0 Å². The van der Waals surface area contributed by atoms with Crippen molar-refractivity contribution in [3.05, 3.63) is 54.1 Å². The molecule has 7 heteroatoms. The first kappa shape index (κ1) is 23.9. The van der Waals surface area contributed by atoms with Crippen molar-refractivity contribution in [2.24, 2.45) is 0 Å². The van der Waals surface area contributed by atoms with Crippen LogP contribution in [0.1, 0.15) is 46.1 Å². The molecule has 1 amide bonds. The number of carbonyl (C=O) groups is 1. The van der Waals surface area contributed by atoms with Gasteiger partial charge < -0.3 is 14.8 Å². The lowest BCUT2D eigenvalue weighted by Gasteiger charge is -2.21. The van der Waals surface area contributed by atoms with E-state index in [0.29, 0.717) is 5.92 Å². The fraction of sp³-hybridized carbons (Fsp3) is 0.400. The first-order chi connectivity index (χ1) is 15.5. The fourth-order valence-corrected chi connectivity index (χ4v) is 4.39. The molecule has 6 nitrogen and oxygen atoms in total. The van der Waals surface area contributed by atoms with Crippen LogP contribution in [0.2, 0.25) is 0 Å². The van der Waals surface area contributed by atoms with Gasteiger partial charge in [-0.2, -0.15) is 0 Å². The number of carbonyl (C=O) groups excluding carboxylic acids is 1. The summed E-state index contributed by atoms with van der Waals surface area (Å²) in [5.41, 5.74) is 4.29. The summed E-state index contributed by atoms with van der Waals surface area (Å²) in [4.78, 5) is 14.8. The molecule has 0 aliphatic carbocycles. The molecule has 1 aromatic heterocycles. The number of hydrogen-bond donors (Lipinski definition) is 1. The molecule has 0 saturated carbocycles. The number of thioether (sulfide) groups is 1. The van der Waals surface area contributed by atoms with Crippen molar-refractivity contribution in [3.63, 3.8) is 0 Å². The Labute approximate surface area is 195 Å². The summed E-state index contributed by atoms with van der Waals surface area (Å²) in [6, 6.07) is 16.4. The third-order valence-electron chi connectivity index (χ3n) is 5.48. The van der Waals surface area contributed by atoms with Crippen molar-refractivity contribution in [2.75, 3.05) is 29.1 Å². The van der Waals surface area contributed by atoms with Crippen LogP contribution >= 0.6 is 11.8 Å². The van der Waals surface area contributed by atoms with Gasteiger partial charge in [0.15, 0.2) is 11.0 Å². The lowest BCUT2D eigenvalue weighted by atomic mass is 10.0. The summed E-state index contributed by atoms with van der Waals surface area (Å²) >= 11 is 1.41. The minimum absolute atomic E-state index is 0.0527. The molecule has 1 N–H and O–H groups in total. The molecule has 0 saturated heterocycles. The number of nitrogens with zero attached hydrogens (tertiary/aromatic N) is 4. The molecule has 0 spiro atoms. The molecule has 1 heterocycles. The standard InChI is InChI=1S/C25H33N5OS/c1-6-29(7-2)22-15-11-20(12-16-22)24-27-28-25(30(24)8-3)32-17-23(31)26-21-13-9-19(10-14-21)18(4)5/h9-16,18H,6-8,17H2,1-5H3,(H,26,31). The molecule has 170 valence electrons. The van der Waals surface area contributed by atoms with E-state index >= 15 is 0 Å². The Bertz CT molecular complexity index is 1010. The Morgan fingerprint density at radius 3 is 2.22 bits per heavy atom. The normalized spacial score (nSPS) is 11.1. The van der Waals surface area contributed by atoms with Crippen LogP contribution in [-0.4, -0.2) is 39.5 Å². The van der Waals surface area contributed by atoms with Gasteiger partial charge in [0.05, 0.1) is 5.75 Å². The van der Waals surface area contributed by atoms with Crippen LogP contribution in [0.3, 0.4) is 0 Å². The number of amides is 1. The van der Waals surface area contributed by atoms with Gasteiger partial charge in [-0.05, 0) is 68.7 Å². The Morgan fingerprint density at radius 2 is 1.66 bits per heavy atom. The van der Waals surface area contributed by atoms with Crippen LogP contribution in [0.25, 0.3) is 11.4 Å². The van der Waals surface area contributed by atoms with Gasteiger partial charge in [-0.25, -0.2) is 0 Å². The lowest BCUT2D eigenvalue weighted by Crippen LogP contribution is -2.21. The second-order valence-corrected chi connectivity index (χ2v) is 8.83. The van der Waals surface area contributed by atoms with Crippen molar-refractivity contribution in [3.8, 4) is 11.4 Å². The van der Waals surface area contributed by atoms with Crippen molar-refractivity contribution >= 4 is 29.0 Å². The Kier molecular flexibility index (Phi) is 8.33. The molecule has 0 fully saturated rings. The summed E-state index contributed by atoms with van der Waals surface area (Å²) < 4.78 is 2.06. The Balaban J connectivity index is 1.65. The van der Waals surface area contributed by atoms with E-state index in [2.05, 4.69) is 96.0 Å². The predicted molar refractivity (Wildman–Crippen MR) is 135 cm³/mol. The topological polar surface area (TPSA) is 63.1 Å². The highest BCUT2D eigenvalue weighted by Crippen LogP contribution is 2.26. The van der Waals surface area contributed by atoms with E-state index < -0.39 is 0 Å². The SMILES string of the molecule is CCN(CC)c1ccc(-c2nnc(SCC(=O)Nc3ccc(C(C)C)cc3)n2CC)cc1. The van der Waals surface area contributed by atoms with E-state index in [9.17, 15) is 4.79 Å². The molecule has 0 atom stereocenters. The zero-order valence-electron chi connectivity index (χ0n) is 19.6. The van der Waals surface area contributed by atoms with E-state index in [1.807, 2.05) is 12.1 Å². The summed E-state index contributed by atoms with van der Waals surface area (Å²) in [6.07, 6.45) is 0. The maximum absolute atomic E-state index is 12.4. The monoisotopic (exact) mass is 451 g/mol. The minimum Gasteiger partial charge on any atom is -0.372 e. The molecule has 3 rings (SSSR count). The van der Waals surface area contributed by atoms with Crippen LogP contribution in [-0.2, 0) is 11.3 Å². The molecule has 0 bridgehead atoms. The summed E-state index contributed by atoms with van der Waals surface area (Å²) in [7, 11) is 0. The van der Waals surface area contributed by atoms with Crippen molar-refractivity contribution in [1.82, 2.24) is 14.8 Å². The molecular formula is C25H33N5OS. The Hall–Kier alpha value is -2.80. The fourth-order valence-electron chi connectivity index (χ4n) is 3.58. The van der Waals surface area contributed by atoms with Gasteiger partial charge in [0.1, 0.15) is 0 Å². The first-order valence-corrected chi connectivity index (χ1v) is 12.3. The molecular weight excluding hydrogens is 418 g/mol. The number of aromatic nitrogens is 3. The average molecular weight is 452 g/mol. The van der Waals surface area contributed by atoms with Gasteiger partial charge in [-0.1, -0.05) is 37.7 Å². The van der Waals surface area contributed by atoms with Gasteiger partial charge in [0.25, 0.3) is 0 Å². The molecule has 3 aromatic rings. The third kappa shape index (κ3) is 5.71. The van der Waals surface area contributed by atoms with Crippen LogP contribution in [0.4, 0.5) is 11.4 Å². The maximum Gasteiger partial charge on any atom is 0.234 e. The summed E-state index contributed by atoms with van der Waals surface area (Å²) in [5.74, 6) is 1.53. The zero-order chi connectivity index (χ0) is 23.1. The van der Waals surface area contributed by atoms with Crippen LogP contribution in [0, 0.1) is 0 Å². The average Bonchev–Trinajstić information content (AvgIpc) is 3.22. The maximum atomic E-state index is 12.4. The van der Waals surface area contributed by atoms with Gasteiger partial charge in [-0.3, -0.25) is 4.79 Å². The number of rotatable bonds is 10. The van der Waals surface area contributed by atoms with E-state index in [1.54, 1.807) is 0 Å². The van der Waals surface area contributed by atoms with Crippen LogP contribution < -0.4 is 10.2 Å². The molecule has 32 heavy (non-hydrogen) atoms. The van der Waals surface area contributed by atoms with Crippen LogP contribution in [0.15, 0.2) is 53.7 Å².